The van der Waals surface area contributed by atoms with E-state index in [1.54, 1.807) is 12.1 Å². The summed E-state index contributed by atoms with van der Waals surface area (Å²) >= 11 is 0. The molecule has 20 heavy (non-hydrogen) atoms. The molecule has 5 nitrogen and oxygen atoms in total. The predicted molar refractivity (Wildman–Crippen MR) is 83.2 cm³/mol. The van der Waals surface area contributed by atoms with Gasteiger partial charge in [-0.2, -0.15) is 4.31 Å². The molecule has 0 radical (unpaired) electrons. The van der Waals surface area contributed by atoms with Gasteiger partial charge in [0.1, 0.15) is 0 Å². The lowest BCUT2D eigenvalue weighted by molar-refractivity contribution is 0.271. The first kappa shape index (κ1) is 16.9. The van der Waals surface area contributed by atoms with Gasteiger partial charge in [0.05, 0.1) is 4.90 Å². The zero-order valence-corrected chi connectivity index (χ0v) is 13.7. The number of nitrogens with zero attached hydrogens (tertiary/aromatic N) is 2. The van der Waals surface area contributed by atoms with Crippen molar-refractivity contribution in [2.24, 2.45) is 0 Å². The van der Waals surface area contributed by atoms with Gasteiger partial charge < -0.3 is 10.6 Å². The number of anilines is 1. The Labute approximate surface area is 122 Å². The van der Waals surface area contributed by atoms with E-state index in [1.807, 2.05) is 39.8 Å². The number of likely N-dealkylation sites (N-methyl/N-ethyl adjacent to an activating group) is 2. The molecule has 0 aromatic heterocycles. The van der Waals surface area contributed by atoms with Crippen LogP contribution in [0.4, 0.5) is 5.69 Å². The first-order valence-electron chi connectivity index (χ1n) is 6.72. The molecule has 1 aromatic carbocycles. The summed E-state index contributed by atoms with van der Waals surface area (Å²) in [5, 5.41) is 0. The van der Waals surface area contributed by atoms with Crippen molar-refractivity contribution >= 4 is 15.7 Å². The molecule has 1 rings (SSSR count). The van der Waals surface area contributed by atoms with E-state index in [1.165, 1.54) is 10.4 Å². The lowest BCUT2D eigenvalue weighted by Gasteiger charge is -2.29. The first-order valence-corrected chi connectivity index (χ1v) is 8.16. The van der Waals surface area contributed by atoms with E-state index in [-0.39, 0.29) is 10.9 Å². The Hall–Kier alpha value is -1.11. The van der Waals surface area contributed by atoms with Crippen LogP contribution >= 0.6 is 0 Å². The summed E-state index contributed by atoms with van der Waals surface area (Å²) in [6.45, 7) is 6.72. The minimum atomic E-state index is -3.51. The SMILES string of the molecule is CCN(C(C)CN(C)C)S(=O)(=O)c1cc(C)cc(N)c1. The van der Waals surface area contributed by atoms with E-state index in [2.05, 4.69) is 0 Å². The second-order valence-electron chi connectivity index (χ2n) is 5.40. The van der Waals surface area contributed by atoms with Crippen molar-refractivity contribution in [3.63, 3.8) is 0 Å². The van der Waals surface area contributed by atoms with E-state index in [9.17, 15) is 8.42 Å². The molecule has 0 saturated carbocycles. The van der Waals surface area contributed by atoms with Crippen LogP contribution < -0.4 is 5.73 Å². The standard InChI is InChI=1S/C14H25N3O2S/c1-6-17(12(3)10-16(4)5)20(18,19)14-8-11(2)7-13(15)9-14/h7-9,12H,6,10,15H2,1-5H3. The summed E-state index contributed by atoms with van der Waals surface area (Å²) in [4.78, 5) is 2.25. The smallest absolute Gasteiger partial charge is 0.243 e. The molecule has 0 bridgehead atoms. The molecular weight excluding hydrogens is 274 g/mol. The summed E-state index contributed by atoms with van der Waals surface area (Å²) in [6.07, 6.45) is 0. The molecule has 1 atom stereocenters. The highest BCUT2D eigenvalue weighted by Crippen LogP contribution is 2.22. The number of aryl methyl sites for hydroxylation is 1. The lowest BCUT2D eigenvalue weighted by atomic mass is 10.2. The van der Waals surface area contributed by atoms with E-state index in [0.717, 1.165) is 5.56 Å². The van der Waals surface area contributed by atoms with E-state index in [4.69, 9.17) is 5.73 Å². The third kappa shape index (κ3) is 3.94. The normalized spacial score (nSPS) is 13.9. The van der Waals surface area contributed by atoms with Gasteiger partial charge in [0, 0.05) is 24.8 Å². The van der Waals surface area contributed by atoms with Crippen LogP contribution in [-0.2, 0) is 10.0 Å². The fourth-order valence-electron chi connectivity index (χ4n) is 2.40. The Morgan fingerprint density at radius 2 is 1.85 bits per heavy atom. The third-order valence-electron chi connectivity index (χ3n) is 3.11. The Kier molecular flexibility index (Phi) is 5.56. The molecule has 0 heterocycles. The van der Waals surface area contributed by atoms with Crippen LogP contribution in [0.25, 0.3) is 0 Å². The summed E-state index contributed by atoms with van der Waals surface area (Å²) in [7, 11) is 0.350. The molecule has 0 aliphatic rings. The molecule has 0 spiro atoms. The van der Waals surface area contributed by atoms with Crippen LogP contribution in [0.3, 0.4) is 0 Å². The quantitative estimate of drug-likeness (QED) is 0.809. The highest BCUT2D eigenvalue weighted by atomic mass is 32.2. The molecule has 0 aliphatic carbocycles. The number of nitrogen functional groups attached to an aromatic ring is 1. The number of rotatable bonds is 6. The number of hydrogen-bond acceptors (Lipinski definition) is 4. The Morgan fingerprint density at radius 3 is 2.30 bits per heavy atom. The molecule has 1 unspecified atom stereocenters. The lowest BCUT2D eigenvalue weighted by Crippen LogP contribution is -2.43. The van der Waals surface area contributed by atoms with Gasteiger partial charge in [-0.05, 0) is 51.7 Å². The molecule has 114 valence electrons. The molecule has 2 N–H and O–H groups in total. The maximum atomic E-state index is 12.7. The van der Waals surface area contributed by atoms with Crippen LogP contribution in [0.5, 0.6) is 0 Å². The first-order chi connectivity index (χ1) is 9.18. The van der Waals surface area contributed by atoms with E-state index in [0.29, 0.717) is 18.8 Å². The average Bonchev–Trinajstić information content (AvgIpc) is 2.26. The largest absolute Gasteiger partial charge is 0.399 e. The number of hydrogen-bond donors (Lipinski definition) is 1. The Bertz CT molecular complexity index is 535. The molecule has 0 fully saturated rings. The van der Waals surface area contributed by atoms with Gasteiger partial charge in [-0.15, -0.1) is 0 Å². The molecule has 0 amide bonds. The second-order valence-corrected chi connectivity index (χ2v) is 7.29. The van der Waals surface area contributed by atoms with Crippen LogP contribution in [0.1, 0.15) is 19.4 Å². The summed E-state index contributed by atoms with van der Waals surface area (Å²) in [5.74, 6) is 0. The van der Waals surface area contributed by atoms with Gasteiger partial charge in [-0.25, -0.2) is 8.42 Å². The molecule has 1 aromatic rings. The van der Waals surface area contributed by atoms with Gasteiger partial charge in [-0.1, -0.05) is 6.92 Å². The summed E-state index contributed by atoms with van der Waals surface area (Å²) in [5.41, 5.74) is 7.08. The molecular formula is C14H25N3O2S. The number of sulfonamides is 1. The van der Waals surface area contributed by atoms with Gasteiger partial charge in [0.15, 0.2) is 0 Å². The summed E-state index contributed by atoms with van der Waals surface area (Å²) < 4.78 is 27.0. The van der Waals surface area contributed by atoms with E-state index >= 15 is 0 Å². The van der Waals surface area contributed by atoms with E-state index < -0.39 is 10.0 Å². The minimum Gasteiger partial charge on any atom is -0.399 e. The topological polar surface area (TPSA) is 66.6 Å². The van der Waals surface area contributed by atoms with Crippen molar-refractivity contribution in [3.8, 4) is 0 Å². The fraction of sp³-hybridized carbons (Fsp3) is 0.571. The van der Waals surface area contributed by atoms with Gasteiger partial charge in [-0.3, -0.25) is 0 Å². The average molecular weight is 299 g/mol. The monoisotopic (exact) mass is 299 g/mol. The summed E-state index contributed by atoms with van der Waals surface area (Å²) in [6, 6.07) is 4.85. The minimum absolute atomic E-state index is 0.0956. The van der Waals surface area contributed by atoms with Gasteiger partial charge >= 0.3 is 0 Å². The van der Waals surface area contributed by atoms with Crippen molar-refractivity contribution < 1.29 is 8.42 Å². The second kappa shape index (κ2) is 6.56. The fourth-order valence-corrected chi connectivity index (χ4v) is 4.17. The van der Waals surface area contributed by atoms with Crippen molar-refractivity contribution in [3.05, 3.63) is 23.8 Å². The maximum Gasteiger partial charge on any atom is 0.243 e. The van der Waals surface area contributed by atoms with Crippen LogP contribution in [-0.4, -0.2) is 50.8 Å². The molecule has 6 heteroatoms. The molecule has 0 saturated heterocycles. The number of benzene rings is 1. The van der Waals surface area contributed by atoms with Crippen molar-refractivity contribution in [1.82, 2.24) is 9.21 Å². The molecule has 0 aliphatic heterocycles. The number of nitrogens with two attached hydrogens (primary N) is 1. The van der Waals surface area contributed by atoms with Crippen molar-refractivity contribution in [2.75, 3.05) is 32.9 Å². The van der Waals surface area contributed by atoms with Crippen LogP contribution in [0.15, 0.2) is 23.1 Å². The highest BCUT2D eigenvalue weighted by molar-refractivity contribution is 7.89. The maximum absolute atomic E-state index is 12.7. The van der Waals surface area contributed by atoms with Crippen LogP contribution in [0, 0.1) is 6.92 Å². The highest BCUT2D eigenvalue weighted by Gasteiger charge is 2.28. The van der Waals surface area contributed by atoms with Gasteiger partial charge in [0.2, 0.25) is 10.0 Å². The predicted octanol–water partition coefficient (Wildman–Crippen LogP) is 1.54. The third-order valence-corrected chi connectivity index (χ3v) is 5.18. The van der Waals surface area contributed by atoms with Crippen molar-refractivity contribution in [1.29, 1.82) is 0 Å². The van der Waals surface area contributed by atoms with Crippen molar-refractivity contribution in [2.45, 2.75) is 31.7 Å². The Morgan fingerprint density at radius 1 is 1.25 bits per heavy atom. The van der Waals surface area contributed by atoms with Crippen LogP contribution in [0.2, 0.25) is 0 Å². The van der Waals surface area contributed by atoms with Gasteiger partial charge in [0.25, 0.3) is 0 Å². The Balaban J connectivity index is 3.18. The zero-order valence-electron chi connectivity index (χ0n) is 12.9. The zero-order chi connectivity index (χ0) is 15.5.